The fourth-order valence-electron chi connectivity index (χ4n) is 1.78. The van der Waals surface area contributed by atoms with Gasteiger partial charge < -0.3 is 9.64 Å². The highest BCUT2D eigenvalue weighted by atomic mass is 16.5. The minimum Gasteiger partial charge on any atom is -0.380 e. The SMILES string of the molecule is CO[C@H]1CCN(c2ccc(C)cn2)C1. The van der Waals surface area contributed by atoms with Crippen molar-refractivity contribution in [2.45, 2.75) is 19.4 Å². The molecule has 3 nitrogen and oxygen atoms in total. The zero-order chi connectivity index (χ0) is 9.97. The maximum Gasteiger partial charge on any atom is 0.128 e. The van der Waals surface area contributed by atoms with Crippen LogP contribution in [0.5, 0.6) is 0 Å². The van der Waals surface area contributed by atoms with Gasteiger partial charge in [-0.1, -0.05) is 6.07 Å². The standard InChI is InChI=1S/C11H16N2O/c1-9-3-4-11(12-7-9)13-6-5-10(8-13)14-2/h3-4,7,10H,5-6,8H2,1-2H3/t10-/m0/s1. The Kier molecular flexibility index (Phi) is 2.68. The van der Waals surface area contributed by atoms with E-state index in [0.29, 0.717) is 6.10 Å². The van der Waals surface area contributed by atoms with Crippen LogP contribution in [-0.4, -0.2) is 31.3 Å². The van der Waals surface area contributed by atoms with Gasteiger partial charge >= 0.3 is 0 Å². The van der Waals surface area contributed by atoms with Gasteiger partial charge in [0.05, 0.1) is 6.10 Å². The molecule has 1 aromatic heterocycles. The summed E-state index contributed by atoms with van der Waals surface area (Å²) in [5, 5.41) is 0. The Bertz CT molecular complexity index is 297. The van der Waals surface area contributed by atoms with Gasteiger partial charge in [-0.05, 0) is 25.0 Å². The van der Waals surface area contributed by atoms with Gasteiger partial charge in [-0.2, -0.15) is 0 Å². The first-order valence-corrected chi connectivity index (χ1v) is 5.00. The summed E-state index contributed by atoms with van der Waals surface area (Å²) in [6.45, 7) is 4.07. The summed E-state index contributed by atoms with van der Waals surface area (Å²) >= 11 is 0. The van der Waals surface area contributed by atoms with Gasteiger partial charge in [-0.15, -0.1) is 0 Å². The molecular weight excluding hydrogens is 176 g/mol. The number of hydrogen-bond donors (Lipinski definition) is 0. The topological polar surface area (TPSA) is 25.4 Å². The molecule has 0 bridgehead atoms. The molecule has 0 saturated carbocycles. The molecule has 3 heteroatoms. The molecule has 0 aromatic carbocycles. The summed E-state index contributed by atoms with van der Waals surface area (Å²) in [7, 11) is 1.77. The van der Waals surface area contributed by atoms with Crippen molar-refractivity contribution in [2.24, 2.45) is 0 Å². The zero-order valence-electron chi connectivity index (χ0n) is 8.73. The van der Waals surface area contributed by atoms with Gasteiger partial charge in [0, 0.05) is 26.4 Å². The van der Waals surface area contributed by atoms with E-state index in [0.717, 1.165) is 25.3 Å². The van der Waals surface area contributed by atoms with E-state index in [4.69, 9.17) is 4.74 Å². The Morgan fingerprint density at radius 2 is 2.36 bits per heavy atom. The minimum absolute atomic E-state index is 0.373. The monoisotopic (exact) mass is 192 g/mol. The molecule has 14 heavy (non-hydrogen) atoms. The molecule has 0 aliphatic carbocycles. The third-order valence-corrected chi connectivity index (χ3v) is 2.70. The second kappa shape index (κ2) is 3.96. The number of nitrogens with zero attached hydrogens (tertiary/aromatic N) is 2. The van der Waals surface area contributed by atoms with Gasteiger partial charge in [0.25, 0.3) is 0 Å². The molecule has 2 rings (SSSR count). The van der Waals surface area contributed by atoms with Crippen LogP contribution in [0, 0.1) is 6.92 Å². The second-order valence-electron chi connectivity index (χ2n) is 3.79. The van der Waals surface area contributed by atoms with E-state index in [1.165, 1.54) is 5.56 Å². The molecule has 0 N–H and O–H groups in total. The number of ether oxygens (including phenoxy) is 1. The molecule has 1 aliphatic rings. The Balaban J connectivity index is 2.06. The molecule has 0 radical (unpaired) electrons. The van der Waals surface area contributed by atoms with Crippen LogP contribution in [0.15, 0.2) is 18.3 Å². The lowest BCUT2D eigenvalue weighted by atomic mass is 10.3. The highest BCUT2D eigenvalue weighted by Crippen LogP contribution is 2.19. The Morgan fingerprint density at radius 1 is 1.50 bits per heavy atom. The van der Waals surface area contributed by atoms with Crippen molar-refractivity contribution in [3.05, 3.63) is 23.9 Å². The summed E-state index contributed by atoms with van der Waals surface area (Å²) in [6, 6.07) is 4.18. The van der Waals surface area contributed by atoms with E-state index >= 15 is 0 Å². The molecular formula is C11H16N2O. The van der Waals surface area contributed by atoms with Crippen molar-refractivity contribution >= 4 is 5.82 Å². The predicted molar refractivity (Wildman–Crippen MR) is 56.6 cm³/mol. The number of hydrogen-bond acceptors (Lipinski definition) is 3. The molecule has 1 fully saturated rings. The molecule has 2 heterocycles. The summed E-state index contributed by atoms with van der Waals surface area (Å²) in [5.74, 6) is 1.06. The number of pyridine rings is 1. The Morgan fingerprint density at radius 3 is 2.93 bits per heavy atom. The van der Waals surface area contributed by atoms with E-state index in [1.54, 1.807) is 7.11 Å². The number of aryl methyl sites for hydroxylation is 1. The number of rotatable bonds is 2. The number of methoxy groups -OCH3 is 1. The summed E-state index contributed by atoms with van der Waals surface area (Å²) in [4.78, 5) is 6.67. The lowest BCUT2D eigenvalue weighted by Crippen LogP contribution is -2.22. The van der Waals surface area contributed by atoms with Gasteiger partial charge in [0.15, 0.2) is 0 Å². The zero-order valence-corrected chi connectivity index (χ0v) is 8.73. The van der Waals surface area contributed by atoms with Crippen LogP contribution >= 0.6 is 0 Å². The lowest BCUT2D eigenvalue weighted by molar-refractivity contribution is 0.121. The Hall–Kier alpha value is -1.09. The van der Waals surface area contributed by atoms with E-state index in [-0.39, 0.29) is 0 Å². The van der Waals surface area contributed by atoms with Crippen LogP contribution in [0.2, 0.25) is 0 Å². The quantitative estimate of drug-likeness (QED) is 0.712. The number of anilines is 1. The smallest absolute Gasteiger partial charge is 0.128 e. The van der Waals surface area contributed by atoms with Crippen molar-refractivity contribution in [1.82, 2.24) is 4.98 Å². The lowest BCUT2D eigenvalue weighted by Gasteiger charge is -2.16. The van der Waals surface area contributed by atoms with Gasteiger partial charge in [0.1, 0.15) is 5.82 Å². The molecule has 0 amide bonds. The normalized spacial score (nSPS) is 21.6. The maximum atomic E-state index is 5.32. The fourth-order valence-corrected chi connectivity index (χ4v) is 1.78. The first-order chi connectivity index (χ1) is 6.79. The first kappa shape index (κ1) is 9.46. The van der Waals surface area contributed by atoms with Crippen LogP contribution in [0.1, 0.15) is 12.0 Å². The van der Waals surface area contributed by atoms with E-state index in [2.05, 4.69) is 28.9 Å². The number of aromatic nitrogens is 1. The van der Waals surface area contributed by atoms with Crippen LogP contribution in [0.3, 0.4) is 0 Å². The van der Waals surface area contributed by atoms with Gasteiger partial charge in [-0.3, -0.25) is 0 Å². The molecule has 1 saturated heterocycles. The van der Waals surface area contributed by atoms with Crippen molar-refractivity contribution in [3.63, 3.8) is 0 Å². The fraction of sp³-hybridized carbons (Fsp3) is 0.545. The van der Waals surface area contributed by atoms with Crippen LogP contribution in [-0.2, 0) is 4.74 Å². The highest BCUT2D eigenvalue weighted by molar-refractivity contribution is 5.40. The van der Waals surface area contributed by atoms with E-state index in [9.17, 15) is 0 Å². The van der Waals surface area contributed by atoms with Crippen molar-refractivity contribution in [1.29, 1.82) is 0 Å². The van der Waals surface area contributed by atoms with Crippen LogP contribution < -0.4 is 4.90 Å². The second-order valence-corrected chi connectivity index (χ2v) is 3.79. The average molecular weight is 192 g/mol. The molecule has 1 aliphatic heterocycles. The molecule has 1 aromatic rings. The van der Waals surface area contributed by atoms with Crippen LogP contribution in [0.4, 0.5) is 5.82 Å². The third kappa shape index (κ3) is 1.87. The molecule has 0 spiro atoms. The van der Waals surface area contributed by atoms with Gasteiger partial charge in [0.2, 0.25) is 0 Å². The average Bonchev–Trinajstić information content (AvgIpc) is 2.67. The predicted octanol–water partition coefficient (Wildman–Crippen LogP) is 1.62. The highest BCUT2D eigenvalue weighted by Gasteiger charge is 2.22. The maximum absolute atomic E-state index is 5.32. The summed E-state index contributed by atoms with van der Waals surface area (Å²) in [5.41, 5.74) is 1.20. The molecule has 1 atom stereocenters. The molecule has 0 unspecified atom stereocenters. The van der Waals surface area contributed by atoms with E-state index in [1.807, 2.05) is 6.20 Å². The van der Waals surface area contributed by atoms with Crippen molar-refractivity contribution < 1.29 is 4.74 Å². The van der Waals surface area contributed by atoms with Gasteiger partial charge in [-0.25, -0.2) is 4.98 Å². The minimum atomic E-state index is 0.373. The third-order valence-electron chi connectivity index (χ3n) is 2.70. The summed E-state index contributed by atoms with van der Waals surface area (Å²) in [6.07, 6.45) is 3.39. The van der Waals surface area contributed by atoms with E-state index < -0.39 is 0 Å². The first-order valence-electron chi connectivity index (χ1n) is 5.00. The van der Waals surface area contributed by atoms with Crippen molar-refractivity contribution in [3.8, 4) is 0 Å². The largest absolute Gasteiger partial charge is 0.380 e. The van der Waals surface area contributed by atoms with Crippen LogP contribution in [0.25, 0.3) is 0 Å². The Labute approximate surface area is 84.7 Å². The van der Waals surface area contributed by atoms with Crippen molar-refractivity contribution in [2.75, 3.05) is 25.1 Å². The molecule has 76 valence electrons. The summed E-state index contributed by atoms with van der Waals surface area (Å²) < 4.78 is 5.32.